The number of carbonyl (C=O) groups is 2. The fraction of sp³-hybridized carbons (Fsp3) is 0.314. The molecule has 8 heteroatoms. The molecule has 226 valence electrons. The maximum atomic E-state index is 12.8. The number of nitrogens with two attached hydrogens (primary N) is 1. The smallest absolute Gasteiger partial charge is 0.303 e. The highest BCUT2D eigenvalue weighted by atomic mass is 19.1. The van der Waals surface area contributed by atoms with E-state index in [-0.39, 0.29) is 12.0 Å². The molecular formula is C35H39FN2O5. The Morgan fingerprint density at radius 3 is 2.26 bits per heavy atom. The molecule has 0 bridgehead atoms. The summed E-state index contributed by atoms with van der Waals surface area (Å²) < 4.78 is 24.8. The van der Waals surface area contributed by atoms with E-state index in [0.717, 1.165) is 58.6 Å². The second-order valence-corrected chi connectivity index (χ2v) is 10.6. The van der Waals surface area contributed by atoms with Crippen LogP contribution in [0.25, 0.3) is 21.9 Å². The highest BCUT2D eigenvalue weighted by Gasteiger charge is 2.17. The number of carboxylic acid groups (broad SMARTS) is 1. The number of primary amides is 1. The summed E-state index contributed by atoms with van der Waals surface area (Å²) in [6.07, 6.45) is 4.48. The number of piperidine rings is 1. The third-order valence-corrected chi connectivity index (χ3v) is 7.68. The largest absolute Gasteiger partial charge is 0.496 e. The summed E-state index contributed by atoms with van der Waals surface area (Å²) in [6, 6.07) is 22.6. The Bertz CT molecular complexity index is 1550. The molecule has 3 N–H and O–H groups in total. The minimum absolute atomic E-state index is 0.0208. The monoisotopic (exact) mass is 586 g/mol. The highest BCUT2D eigenvalue weighted by molar-refractivity contribution is 6.01. The van der Waals surface area contributed by atoms with E-state index in [4.69, 9.17) is 20.3 Å². The van der Waals surface area contributed by atoms with Gasteiger partial charge in [-0.05, 0) is 84.9 Å². The number of aryl methyl sites for hydroxylation is 2. The number of methoxy groups -OCH3 is 1. The summed E-state index contributed by atoms with van der Waals surface area (Å²) in [4.78, 5) is 24.2. The van der Waals surface area contributed by atoms with Gasteiger partial charge in [-0.3, -0.25) is 14.5 Å². The van der Waals surface area contributed by atoms with Crippen LogP contribution in [0.5, 0.6) is 11.5 Å². The maximum absolute atomic E-state index is 12.8. The Kier molecular flexibility index (Phi) is 11.1. The van der Waals surface area contributed by atoms with Gasteiger partial charge in [-0.15, -0.1) is 0 Å². The number of ether oxygens (including phenoxy) is 2. The first-order valence-corrected chi connectivity index (χ1v) is 14.6. The van der Waals surface area contributed by atoms with E-state index in [1.807, 2.05) is 36.4 Å². The molecule has 0 atom stereocenters. The number of carbonyl (C=O) groups excluding carboxylic acids is 1. The summed E-state index contributed by atoms with van der Waals surface area (Å²) in [5, 5.41) is 11.3. The van der Waals surface area contributed by atoms with Crippen LogP contribution in [-0.2, 0) is 11.2 Å². The number of benzene rings is 4. The molecule has 1 fully saturated rings. The zero-order chi connectivity index (χ0) is 30.8. The third kappa shape index (κ3) is 8.11. The normalized spacial score (nSPS) is 13.2. The van der Waals surface area contributed by atoms with Crippen molar-refractivity contribution in [1.29, 1.82) is 0 Å². The number of rotatable bonds is 10. The third-order valence-electron chi connectivity index (χ3n) is 7.68. The van der Waals surface area contributed by atoms with Crippen molar-refractivity contribution in [3.63, 3.8) is 0 Å². The van der Waals surface area contributed by atoms with Crippen molar-refractivity contribution in [2.24, 2.45) is 5.73 Å². The molecule has 1 amide bonds. The molecule has 0 saturated carbocycles. The fourth-order valence-electron chi connectivity index (χ4n) is 5.53. The lowest BCUT2D eigenvalue weighted by Gasteiger charge is -2.26. The Labute approximate surface area is 252 Å². The van der Waals surface area contributed by atoms with Gasteiger partial charge in [0.05, 0.1) is 18.2 Å². The molecule has 1 aliphatic heterocycles. The zero-order valence-electron chi connectivity index (χ0n) is 24.8. The molecule has 0 radical (unpaired) electrons. The minimum Gasteiger partial charge on any atom is -0.496 e. The van der Waals surface area contributed by atoms with Gasteiger partial charge in [0.2, 0.25) is 0 Å². The van der Waals surface area contributed by atoms with E-state index in [0.29, 0.717) is 18.6 Å². The lowest BCUT2D eigenvalue weighted by molar-refractivity contribution is -0.136. The molecule has 7 nitrogen and oxygen atoms in total. The Morgan fingerprint density at radius 1 is 0.907 bits per heavy atom. The number of amides is 1. The zero-order valence-corrected chi connectivity index (χ0v) is 24.8. The number of halogens is 1. The van der Waals surface area contributed by atoms with Gasteiger partial charge in [-0.2, -0.15) is 0 Å². The second kappa shape index (κ2) is 15.2. The standard InChI is InChI=1S/C27H31NO4.C8H8FNO/c1-31-24-12-7-13-25(32-19-18-28-16-3-2-4-17-28)27(24)23-11-6-9-21-20(14-15-26(29)30)8-5-10-22(21)23;1-5-3-2-4-6(9)7(5)8(10)11/h5-13H,2-4,14-19H2,1H3,(H,29,30);2-4H,1H3,(H2,10,11). The van der Waals surface area contributed by atoms with Crippen LogP contribution in [0.15, 0.2) is 72.8 Å². The molecule has 43 heavy (non-hydrogen) atoms. The van der Waals surface area contributed by atoms with E-state index in [9.17, 15) is 14.0 Å². The van der Waals surface area contributed by atoms with Crippen molar-refractivity contribution in [1.82, 2.24) is 4.90 Å². The van der Waals surface area contributed by atoms with Gasteiger partial charge < -0.3 is 20.3 Å². The lowest BCUT2D eigenvalue weighted by atomic mass is 9.93. The molecule has 1 saturated heterocycles. The summed E-state index contributed by atoms with van der Waals surface area (Å²) in [7, 11) is 1.68. The number of carboxylic acids is 1. The molecule has 0 unspecified atom stereocenters. The van der Waals surface area contributed by atoms with Crippen LogP contribution in [0.4, 0.5) is 4.39 Å². The molecule has 4 aromatic rings. The van der Waals surface area contributed by atoms with E-state index in [1.165, 1.54) is 31.4 Å². The van der Waals surface area contributed by atoms with Gasteiger partial charge >= 0.3 is 5.97 Å². The highest BCUT2D eigenvalue weighted by Crippen LogP contribution is 2.42. The fourth-order valence-corrected chi connectivity index (χ4v) is 5.53. The molecule has 0 spiro atoms. The molecular weight excluding hydrogens is 547 g/mol. The Hall–Kier alpha value is -4.43. The molecule has 0 aromatic heterocycles. The van der Waals surface area contributed by atoms with Gasteiger partial charge in [0.1, 0.15) is 23.9 Å². The maximum Gasteiger partial charge on any atom is 0.303 e. The topological polar surface area (TPSA) is 102 Å². The lowest BCUT2D eigenvalue weighted by Crippen LogP contribution is -2.33. The van der Waals surface area contributed by atoms with Gasteiger partial charge in [0.25, 0.3) is 5.91 Å². The van der Waals surface area contributed by atoms with Gasteiger partial charge in [0.15, 0.2) is 0 Å². The molecule has 5 rings (SSSR count). The number of hydrogen-bond donors (Lipinski definition) is 2. The molecule has 4 aromatic carbocycles. The van der Waals surface area contributed by atoms with Gasteiger partial charge in [-0.25, -0.2) is 4.39 Å². The van der Waals surface area contributed by atoms with Crippen LogP contribution >= 0.6 is 0 Å². The number of hydrogen-bond acceptors (Lipinski definition) is 5. The van der Waals surface area contributed by atoms with Crippen molar-refractivity contribution < 1.29 is 28.6 Å². The van der Waals surface area contributed by atoms with E-state index < -0.39 is 17.7 Å². The molecule has 1 heterocycles. The Balaban J connectivity index is 0.000000324. The number of likely N-dealkylation sites (tertiary alicyclic amines) is 1. The quantitative estimate of drug-likeness (QED) is 0.216. The first kappa shape index (κ1) is 31.5. The van der Waals surface area contributed by atoms with Crippen LogP contribution in [-0.4, -0.2) is 55.2 Å². The number of fused-ring (bicyclic) bond motifs is 1. The first-order chi connectivity index (χ1) is 20.8. The summed E-state index contributed by atoms with van der Waals surface area (Å²) >= 11 is 0. The van der Waals surface area contributed by atoms with Crippen LogP contribution < -0.4 is 15.2 Å². The predicted molar refractivity (Wildman–Crippen MR) is 167 cm³/mol. The van der Waals surface area contributed by atoms with Crippen molar-refractivity contribution in [3.8, 4) is 22.6 Å². The van der Waals surface area contributed by atoms with Crippen LogP contribution in [0.1, 0.15) is 47.2 Å². The Morgan fingerprint density at radius 2 is 1.58 bits per heavy atom. The molecule has 0 aliphatic carbocycles. The van der Waals surface area contributed by atoms with E-state index in [1.54, 1.807) is 20.1 Å². The second-order valence-electron chi connectivity index (χ2n) is 10.6. The van der Waals surface area contributed by atoms with Crippen molar-refractivity contribution >= 4 is 22.6 Å². The summed E-state index contributed by atoms with van der Waals surface area (Å²) in [6.45, 7) is 5.50. The predicted octanol–water partition coefficient (Wildman–Crippen LogP) is 6.63. The summed E-state index contributed by atoms with van der Waals surface area (Å²) in [5.74, 6) is -0.487. The van der Waals surface area contributed by atoms with Crippen LogP contribution in [0.3, 0.4) is 0 Å². The van der Waals surface area contributed by atoms with Crippen LogP contribution in [0.2, 0.25) is 0 Å². The van der Waals surface area contributed by atoms with Crippen molar-refractivity contribution in [2.75, 3.05) is 33.4 Å². The summed E-state index contributed by atoms with van der Waals surface area (Å²) in [5.41, 5.74) is 8.49. The molecule has 1 aliphatic rings. The van der Waals surface area contributed by atoms with Crippen LogP contribution in [0, 0.1) is 12.7 Å². The average molecular weight is 587 g/mol. The van der Waals surface area contributed by atoms with Crippen molar-refractivity contribution in [3.05, 3.63) is 95.3 Å². The minimum atomic E-state index is -0.785. The SMILES string of the molecule is COc1cccc(OCCN2CCCCC2)c1-c1cccc2c(CCC(=O)O)cccc12.Cc1cccc(F)c1C(N)=O. The first-order valence-electron chi connectivity index (χ1n) is 14.6. The van der Waals surface area contributed by atoms with Gasteiger partial charge in [0, 0.05) is 13.0 Å². The number of nitrogens with zero attached hydrogens (tertiary/aromatic N) is 1. The number of aliphatic carboxylic acids is 1. The average Bonchev–Trinajstić information content (AvgIpc) is 3.00. The van der Waals surface area contributed by atoms with E-state index in [2.05, 4.69) is 23.1 Å². The van der Waals surface area contributed by atoms with E-state index >= 15 is 0 Å². The van der Waals surface area contributed by atoms with Crippen molar-refractivity contribution in [2.45, 2.75) is 39.0 Å². The van der Waals surface area contributed by atoms with Gasteiger partial charge in [-0.1, -0.05) is 61.0 Å².